The molecule has 1 atom stereocenters. The van der Waals surface area contributed by atoms with Crippen LogP contribution in [0.2, 0.25) is 0 Å². The van der Waals surface area contributed by atoms with Crippen LogP contribution in [0.1, 0.15) is 53.3 Å². The number of nitrogens with one attached hydrogen (secondary N) is 2. The maximum absolute atomic E-state index is 12.5. The number of H-pyrrole nitrogens is 1. The van der Waals surface area contributed by atoms with E-state index in [9.17, 15) is 4.79 Å². The maximum atomic E-state index is 12.5. The summed E-state index contributed by atoms with van der Waals surface area (Å²) in [5.41, 5.74) is 3.93. The molecule has 0 saturated heterocycles. The van der Waals surface area contributed by atoms with Crippen molar-refractivity contribution in [2.45, 2.75) is 31.7 Å². The molecule has 1 unspecified atom stereocenters. The maximum Gasteiger partial charge on any atom is 0.270 e. The molecule has 5 nitrogen and oxygen atoms in total. The van der Waals surface area contributed by atoms with Crippen LogP contribution in [0.5, 0.6) is 0 Å². The standard InChI is InChI=1S/C18H20N4O/c1-11(14-6-5-13-7-8-22(2)16(13)9-14)20-18(23)17-15(10-19-21-17)12-3-4-12/h5-12H,3-4H2,1-2H3,(H,19,21)(H,20,23). The molecule has 1 aliphatic rings. The van der Waals surface area contributed by atoms with Gasteiger partial charge in [-0.2, -0.15) is 5.10 Å². The predicted molar refractivity (Wildman–Crippen MR) is 89.4 cm³/mol. The van der Waals surface area contributed by atoms with Gasteiger partial charge < -0.3 is 9.88 Å². The fraction of sp³-hybridized carbons (Fsp3) is 0.333. The first-order valence-electron chi connectivity index (χ1n) is 8.02. The van der Waals surface area contributed by atoms with Gasteiger partial charge in [-0.1, -0.05) is 12.1 Å². The van der Waals surface area contributed by atoms with Gasteiger partial charge in [0.05, 0.1) is 12.2 Å². The van der Waals surface area contributed by atoms with Crippen LogP contribution in [0.4, 0.5) is 0 Å². The number of amides is 1. The van der Waals surface area contributed by atoms with Crippen LogP contribution in [0.3, 0.4) is 0 Å². The molecule has 2 heterocycles. The number of aromatic amines is 1. The highest BCUT2D eigenvalue weighted by atomic mass is 16.2. The molecule has 118 valence electrons. The summed E-state index contributed by atoms with van der Waals surface area (Å²) in [6, 6.07) is 8.34. The third-order valence-electron chi connectivity index (χ3n) is 4.67. The first kappa shape index (κ1) is 14.1. The molecule has 0 aliphatic heterocycles. The van der Waals surface area contributed by atoms with Crippen LogP contribution in [0.15, 0.2) is 36.7 Å². The van der Waals surface area contributed by atoms with E-state index in [2.05, 4.69) is 44.3 Å². The minimum atomic E-state index is -0.0797. The van der Waals surface area contributed by atoms with Crippen molar-refractivity contribution in [1.82, 2.24) is 20.1 Å². The van der Waals surface area contributed by atoms with Crippen LogP contribution in [0, 0.1) is 0 Å². The molecule has 23 heavy (non-hydrogen) atoms. The van der Waals surface area contributed by atoms with E-state index >= 15 is 0 Å². The Labute approximate surface area is 134 Å². The van der Waals surface area contributed by atoms with Gasteiger partial charge in [-0.15, -0.1) is 0 Å². The zero-order chi connectivity index (χ0) is 16.0. The lowest BCUT2D eigenvalue weighted by molar-refractivity contribution is 0.0934. The lowest BCUT2D eigenvalue weighted by Crippen LogP contribution is -2.27. The van der Waals surface area contributed by atoms with Crippen LogP contribution in [0.25, 0.3) is 10.9 Å². The summed E-state index contributed by atoms with van der Waals surface area (Å²) in [5.74, 6) is 0.424. The van der Waals surface area contributed by atoms with Crippen LogP contribution < -0.4 is 5.32 Å². The first-order chi connectivity index (χ1) is 11.1. The Morgan fingerprint density at radius 3 is 3.00 bits per heavy atom. The van der Waals surface area contributed by atoms with E-state index in [0.29, 0.717) is 11.6 Å². The molecule has 2 aromatic heterocycles. The summed E-state index contributed by atoms with van der Waals surface area (Å²) in [6.07, 6.45) is 6.14. The molecule has 1 aromatic carbocycles. The lowest BCUT2D eigenvalue weighted by Gasteiger charge is -2.15. The minimum Gasteiger partial charge on any atom is -0.351 e. The van der Waals surface area contributed by atoms with Gasteiger partial charge >= 0.3 is 0 Å². The second-order valence-corrected chi connectivity index (χ2v) is 6.41. The van der Waals surface area contributed by atoms with Crippen LogP contribution in [-0.4, -0.2) is 20.7 Å². The zero-order valence-electron chi connectivity index (χ0n) is 13.3. The predicted octanol–water partition coefficient (Wildman–Crippen LogP) is 3.27. The molecule has 2 N–H and O–H groups in total. The fourth-order valence-corrected chi connectivity index (χ4v) is 3.08. The van der Waals surface area contributed by atoms with E-state index < -0.39 is 0 Å². The number of aromatic nitrogens is 3. The molecule has 5 heteroatoms. The summed E-state index contributed by atoms with van der Waals surface area (Å²) in [4.78, 5) is 12.5. The molecule has 1 saturated carbocycles. The molecule has 0 radical (unpaired) electrons. The van der Waals surface area contributed by atoms with Gasteiger partial charge in [0.25, 0.3) is 5.91 Å². The topological polar surface area (TPSA) is 62.7 Å². The van der Waals surface area contributed by atoms with Crippen LogP contribution >= 0.6 is 0 Å². The summed E-state index contributed by atoms with van der Waals surface area (Å²) >= 11 is 0. The molecule has 1 amide bonds. The quantitative estimate of drug-likeness (QED) is 0.777. The molecule has 0 spiro atoms. The Kier molecular flexibility index (Phi) is 3.22. The number of rotatable bonds is 4. The third kappa shape index (κ3) is 2.52. The van der Waals surface area contributed by atoms with Crippen molar-refractivity contribution in [2.75, 3.05) is 0 Å². The Hall–Kier alpha value is -2.56. The van der Waals surface area contributed by atoms with E-state index in [1.807, 2.05) is 20.2 Å². The number of benzene rings is 1. The largest absolute Gasteiger partial charge is 0.351 e. The highest BCUT2D eigenvalue weighted by Gasteiger charge is 2.30. The molecular formula is C18H20N4O. The average molecular weight is 308 g/mol. The van der Waals surface area contributed by atoms with Gasteiger partial charge in [0.2, 0.25) is 0 Å². The van der Waals surface area contributed by atoms with E-state index in [0.717, 1.165) is 24.0 Å². The second-order valence-electron chi connectivity index (χ2n) is 6.41. The van der Waals surface area contributed by atoms with Crippen LogP contribution in [-0.2, 0) is 7.05 Å². The van der Waals surface area contributed by atoms with Crippen molar-refractivity contribution >= 4 is 16.8 Å². The molecule has 1 aliphatic carbocycles. The monoisotopic (exact) mass is 308 g/mol. The zero-order valence-corrected chi connectivity index (χ0v) is 13.3. The summed E-state index contributed by atoms with van der Waals surface area (Å²) in [7, 11) is 2.03. The lowest BCUT2D eigenvalue weighted by atomic mass is 10.1. The van der Waals surface area contributed by atoms with Crippen molar-refractivity contribution < 1.29 is 4.79 Å². The number of fused-ring (bicyclic) bond motifs is 1. The summed E-state index contributed by atoms with van der Waals surface area (Å²) < 4.78 is 2.09. The fourth-order valence-electron chi connectivity index (χ4n) is 3.08. The normalized spacial score (nSPS) is 15.7. The Morgan fingerprint density at radius 2 is 2.22 bits per heavy atom. The molecule has 0 bridgehead atoms. The van der Waals surface area contributed by atoms with Crippen molar-refractivity contribution in [3.8, 4) is 0 Å². The SMILES string of the molecule is CC(NC(=O)c1[nH]ncc1C1CC1)c1ccc2ccn(C)c2c1. The third-order valence-corrected chi connectivity index (χ3v) is 4.67. The average Bonchev–Trinajstić information content (AvgIpc) is 3.16. The summed E-state index contributed by atoms with van der Waals surface area (Å²) in [5, 5.41) is 11.2. The Balaban J connectivity index is 1.55. The van der Waals surface area contributed by atoms with Crippen molar-refractivity contribution in [3.05, 3.63) is 53.5 Å². The Bertz CT molecular complexity index is 872. The molecular weight excluding hydrogens is 288 g/mol. The number of nitrogens with zero attached hydrogens (tertiary/aromatic N) is 2. The molecule has 4 rings (SSSR count). The van der Waals surface area contributed by atoms with Gasteiger partial charge in [0.15, 0.2) is 0 Å². The smallest absolute Gasteiger partial charge is 0.270 e. The van der Waals surface area contributed by atoms with E-state index in [1.165, 1.54) is 10.9 Å². The van der Waals surface area contributed by atoms with Gasteiger partial charge in [-0.3, -0.25) is 9.89 Å². The number of carbonyl (C=O) groups excluding carboxylic acids is 1. The number of hydrogen-bond donors (Lipinski definition) is 2. The minimum absolute atomic E-state index is 0.0582. The second kappa shape index (κ2) is 5.26. The molecule has 3 aromatic rings. The van der Waals surface area contributed by atoms with Gasteiger partial charge in [0, 0.05) is 24.3 Å². The Morgan fingerprint density at radius 1 is 1.39 bits per heavy atom. The number of carbonyl (C=O) groups is 1. The van der Waals surface area contributed by atoms with E-state index in [1.54, 1.807) is 6.20 Å². The van der Waals surface area contributed by atoms with Crippen molar-refractivity contribution in [1.29, 1.82) is 0 Å². The van der Waals surface area contributed by atoms with Gasteiger partial charge in [-0.25, -0.2) is 0 Å². The van der Waals surface area contributed by atoms with E-state index in [4.69, 9.17) is 0 Å². The summed E-state index contributed by atoms with van der Waals surface area (Å²) in [6.45, 7) is 2.01. The highest BCUT2D eigenvalue weighted by Crippen LogP contribution is 2.41. The number of aryl methyl sites for hydroxylation is 1. The molecule has 1 fully saturated rings. The van der Waals surface area contributed by atoms with Crippen molar-refractivity contribution in [3.63, 3.8) is 0 Å². The van der Waals surface area contributed by atoms with Crippen molar-refractivity contribution in [2.24, 2.45) is 7.05 Å². The highest BCUT2D eigenvalue weighted by molar-refractivity contribution is 5.94. The first-order valence-corrected chi connectivity index (χ1v) is 8.02. The van der Waals surface area contributed by atoms with Gasteiger partial charge in [-0.05, 0) is 48.8 Å². The number of hydrogen-bond acceptors (Lipinski definition) is 2. The van der Waals surface area contributed by atoms with E-state index in [-0.39, 0.29) is 11.9 Å². The van der Waals surface area contributed by atoms with Gasteiger partial charge in [0.1, 0.15) is 5.69 Å².